The zero-order chi connectivity index (χ0) is 15.4. The number of ether oxygens (including phenoxy) is 1. The molecule has 114 valence electrons. The first kappa shape index (κ1) is 16.8. The van der Waals surface area contributed by atoms with E-state index < -0.39 is 11.7 Å². The summed E-state index contributed by atoms with van der Waals surface area (Å²) >= 11 is 0. The lowest BCUT2D eigenvalue weighted by Gasteiger charge is -2.24. The van der Waals surface area contributed by atoms with Gasteiger partial charge in [-0.05, 0) is 36.1 Å². The van der Waals surface area contributed by atoms with Gasteiger partial charge in [-0.1, -0.05) is 20.8 Å². The average molecular weight is 290 g/mol. The molecule has 0 bridgehead atoms. The fourth-order valence-corrected chi connectivity index (χ4v) is 2.00. The Bertz CT molecular complexity index is 405. The molecule has 1 N–H and O–H groups in total. The molecule has 0 amide bonds. The van der Waals surface area contributed by atoms with Gasteiger partial charge >= 0.3 is 6.18 Å². The molecule has 1 rings (SSSR count). The van der Waals surface area contributed by atoms with Crippen LogP contribution >= 0.6 is 0 Å². The second kappa shape index (κ2) is 6.48. The highest BCUT2D eigenvalue weighted by Crippen LogP contribution is 2.30. The van der Waals surface area contributed by atoms with E-state index in [1.54, 1.807) is 0 Å². The van der Waals surface area contributed by atoms with Crippen molar-refractivity contribution in [1.82, 2.24) is 0 Å². The highest BCUT2D eigenvalue weighted by atomic mass is 19.4. The number of alkyl halides is 3. The van der Waals surface area contributed by atoms with Crippen LogP contribution in [0.4, 0.5) is 13.2 Å². The van der Waals surface area contributed by atoms with E-state index in [4.69, 9.17) is 4.74 Å². The summed E-state index contributed by atoms with van der Waals surface area (Å²) in [4.78, 5) is 0. The molecule has 20 heavy (non-hydrogen) atoms. The summed E-state index contributed by atoms with van der Waals surface area (Å²) < 4.78 is 42.6. The normalized spacial score (nSPS) is 14.2. The second-order valence-electron chi connectivity index (χ2n) is 6.15. The second-order valence-corrected chi connectivity index (χ2v) is 6.15. The van der Waals surface area contributed by atoms with Crippen molar-refractivity contribution in [2.24, 2.45) is 11.3 Å². The molecule has 1 aromatic rings. The first-order valence-corrected chi connectivity index (χ1v) is 6.53. The van der Waals surface area contributed by atoms with Crippen LogP contribution < -0.4 is 4.74 Å². The van der Waals surface area contributed by atoms with E-state index >= 15 is 0 Å². The summed E-state index contributed by atoms with van der Waals surface area (Å²) in [6, 6.07) is 4.59. The largest absolute Gasteiger partial charge is 0.493 e. The number of benzene rings is 1. The molecular formula is C15H21F3O2. The third-order valence-corrected chi connectivity index (χ3v) is 2.83. The monoisotopic (exact) mass is 290 g/mol. The smallest absolute Gasteiger partial charge is 0.416 e. The van der Waals surface area contributed by atoms with E-state index in [0.29, 0.717) is 12.4 Å². The molecule has 2 nitrogen and oxygen atoms in total. The molecule has 1 aromatic carbocycles. The molecule has 0 radical (unpaired) electrons. The van der Waals surface area contributed by atoms with Crippen molar-refractivity contribution in [2.45, 2.75) is 33.4 Å². The zero-order valence-electron chi connectivity index (χ0n) is 12.0. The SMILES string of the molecule is CC(C)(C)CC(CO)COc1ccc(C(F)(F)F)cc1. The average Bonchev–Trinajstić information content (AvgIpc) is 2.32. The minimum atomic E-state index is -4.33. The summed E-state index contributed by atoms with van der Waals surface area (Å²) in [5.41, 5.74) is -0.630. The van der Waals surface area contributed by atoms with Crippen LogP contribution in [0.5, 0.6) is 5.75 Å². The highest BCUT2D eigenvalue weighted by molar-refractivity contribution is 5.28. The molecule has 0 aliphatic rings. The van der Waals surface area contributed by atoms with Gasteiger partial charge in [0.05, 0.1) is 12.2 Å². The van der Waals surface area contributed by atoms with E-state index in [9.17, 15) is 18.3 Å². The summed E-state index contributed by atoms with van der Waals surface area (Å²) in [7, 11) is 0. The first-order chi connectivity index (χ1) is 9.12. The third kappa shape index (κ3) is 5.82. The Morgan fingerprint density at radius 2 is 1.65 bits per heavy atom. The standard InChI is InChI=1S/C15H21F3O2/c1-14(2,3)8-11(9-19)10-20-13-6-4-12(5-7-13)15(16,17)18/h4-7,11,19H,8-10H2,1-3H3. The number of rotatable bonds is 5. The number of aliphatic hydroxyl groups excluding tert-OH is 1. The van der Waals surface area contributed by atoms with E-state index in [1.807, 2.05) is 0 Å². The highest BCUT2D eigenvalue weighted by Gasteiger charge is 2.30. The topological polar surface area (TPSA) is 29.5 Å². The molecule has 1 atom stereocenters. The molecule has 5 heteroatoms. The van der Waals surface area contributed by atoms with Crippen LogP contribution in [0.15, 0.2) is 24.3 Å². The van der Waals surface area contributed by atoms with Crippen molar-refractivity contribution in [3.05, 3.63) is 29.8 Å². The Morgan fingerprint density at radius 1 is 1.10 bits per heavy atom. The van der Waals surface area contributed by atoms with Gasteiger partial charge in [-0.25, -0.2) is 0 Å². The van der Waals surface area contributed by atoms with Crippen LogP contribution in [0.3, 0.4) is 0 Å². The molecule has 0 aliphatic heterocycles. The Labute approximate surface area is 117 Å². The van der Waals surface area contributed by atoms with Gasteiger partial charge in [0.1, 0.15) is 5.75 Å². The molecule has 0 saturated carbocycles. The molecule has 0 spiro atoms. The zero-order valence-corrected chi connectivity index (χ0v) is 12.0. The quantitative estimate of drug-likeness (QED) is 0.883. The van der Waals surface area contributed by atoms with Crippen molar-refractivity contribution in [3.8, 4) is 5.75 Å². The van der Waals surface area contributed by atoms with Gasteiger partial charge in [0.15, 0.2) is 0 Å². The maximum absolute atomic E-state index is 12.4. The van der Waals surface area contributed by atoms with E-state index in [2.05, 4.69) is 20.8 Å². The lowest BCUT2D eigenvalue weighted by molar-refractivity contribution is -0.137. The Balaban J connectivity index is 2.57. The molecule has 0 aromatic heterocycles. The lowest BCUT2D eigenvalue weighted by Crippen LogP contribution is -2.22. The van der Waals surface area contributed by atoms with Gasteiger partial charge < -0.3 is 9.84 Å². The van der Waals surface area contributed by atoms with Crippen LogP contribution in [0.2, 0.25) is 0 Å². The molecule has 0 aliphatic carbocycles. The van der Waals surface area contributed by atoms with Gasteiger partial charge in [0, 0.05) is 12.5 Å². The van der Waals surface area contributed by atoms with Gasteiger partial charge in [0.2, 0.25) is 0 Å². The fraction of sp³-hybridized carbons (Fsp3) is 0.600. The maximum atomic E-state index is 12.4. The summed E-state index contributed by atoms with van der Waals surface area (Å²) in [5.74, 6) is 0.350. The van der Waals surface area contributed by atoms with E-state index in [0.717, 1.165) is 18.6 Å². The van der Waals surface area contributed by atoms with Crippen LogP contribution in [0.1, 0.15) is 32.8 Å². The Kier molecular flexibility index (Phi) is 5.45. The van der Waals surface area contributed by atoms with Crippen molar-refractivity contribution in [2.75, 3.05) is 13.2 Å². The van der Waals surface area contributed by atoms with Crippen LogP contribution in [-0.4, -0.2) is 18.3 Å². The summed E-state index contributed by atoms with van der Waals surface area (Å²) in [6.45, 7) is 6.48. The van der Waals surface area contributed by atoms with Gasteiger partial charge in [-0.2, -0.15) is 13.2 Å². The molecular weight excluding hydrogens is 269 g/mol. The Hall–Kier alpha value is -1.23. The molecule has 0 fully saturated rings. The van der Waals surface area contributed by atoms with Gasteiger partial charge in [0.25, 0.3) is 0 Å². The van der Waals surface area contributed by atoms with Crippen molar-refractivity contribution >= 4 is 0 Å². The molecule has 0 heterocycles. The Morgan fingerprint density at radius 3 is 2.05 bits per heavy atom. The summed E-state index contributed by atoms with van der Waals surface area (Å²) in [5, 5.41) is 9.29. The van der Waals surface area contributed by atoms with Crippen LogP contribution in [0, 0.1) is 11.3 Å². The number of aliphatic hydroxyl groups is 1. The number of halogens is 3. The third-order valence-electron chi connectivity index (χ3n) is 2.83. The first-order valence-electron chi connectivity index (χ1n) is 6.53. The molecule has 1 unspecified atom stereocenters. The van der Waals surface area contributed by atoms with E-state index in [1.165, 1.54) is 12.1 Å². The van der Waals surface area contributed by atoms with Crippen LogP contribution in [-0.2, 0) is 6.18 Å². The summed E-state index contributed by atoms with van der Waals surface area (Å²) in [6.07, 6.45) is -3.55. The minimum Gasteiger partial charge on any atom is -0.493 e. The van der Waals surface area contributed by atoms with Gasteiger partial charge in [-0.15, -0.1) is 0 Å². The maximum Gasteiger partial charge on any atom is 0.416 e. The van der Waals surface area contributed by atoms with Crippen LogP contribution in [0.25, 0.3) is 0 Å². The molecule has 0 saturated heterocycles. The lowest BCUT2D eigenvalue weighted by atomic mass is 9.85. The number of hydrogen-bond acceptors (Lipinski definition) is 2. The minimum absolute atomic E-state index is 0.00208. The van der Waals surface area contributed by atoms with Crippen molar-refractivity contribution < 1.29 is 23.0 Å². The van der Waals surface area contributed by atoms with Crippen molar-refractivity contribution in [3.63, 3.8) is 0 Å². The van der Waals surface area contributed by atoms with E-state index in [-0.39, 0.29) is 17.9 Å². The van der Waals surface area contributed by atoms with Gasteiger partial charge in [-0.3, -0.25) is 0 Å². The fourth-order valence-electron chi connectivity index (χ4n) is 2.00. The van der Waals surface area contributed by atoms with Crippen molar-refractivity contribution in [1.29, 1.82) is 0 Å². The predicted octanol–water partition coefficient (Wildman–Crippen LogP) is 4.13. The number of hydrogen-bond donors (Lipinski definition) is 1. The predicted molar refractivity (Wildman–Crippen MR) is 71.6 cm³/mol.